The largest absolute Gasteiger partial charge is 0.279 e. The summed E-state index contributed by atoms with van der Waals surface area (Å²) in [4.78, 5) is 4.49. The molecule has 2 unspecified atom stereocenters. The molecule has 1 heterocycles. The van der Waals surface area contributed by atoms with Crippen molar-refractivity contribution in [2.24, 2.45) is 4.99 Å². The molecule has 0 radical (unpaired) electrons. The maximum absolute atomic E-state index is 4.49. The fraction of sp³-hybridized carbons (Fsp3) is 0.875. The summed E-state index contributed by atoms with van der Waals surface area (Å²) in [7, 11) is 0. The average Bonchev–Trinajstić information content (AvgIpc) is 2.09. The predicted molar refractivity (Wildman–Crippen MR) is 48.9 cm³/mol. The standard InChI is InChI=1S/C8H15NS/c1-5-8(4)6(2)9-7(3)10-8/h7H,5H2,1-4H3. The Bertz CT molecular complexity index is 165. The minimum absolute atomic E-state index is 0.333. The summed E-state index contributed by atoms with van der Waals surface area (Å²) in [6.45, 7) is 8.80. The quantitative estimate of drug-likeness (QED) is 0.570. The van der Waals surface area contributed by atoms with Crippen LogP contribution < -0.4 is 0 Å². The van der Waals surface area contributed by atoms with Gasteiger partial charge >= 0.3 is 0 Å². The third kappa shape index (κ3) is 1.22. The van der Waals surface area contributed by atoms with E-state index in [1.54, 1.807) is 0 Å². The van der Waals surface area contributed by atoms with E-state index in [9.17, 15) is 0 Å². The molecule has 2 atom stereocenters. The van der Waals surface area contributed by atoms with Gasteiger partial charge in [0, 0.05) is 5.71 Å². The van der Waals surface area contributed by atoms with Crippen LogP contribution in [0.1, 0.15) is 34.1 Å². The van der Waals surface area contributed by atoms with Crippen molar-refractivity contribution < 1.29 is 0 Å². The molecule has 0 aliphatic carbocycles. The lowest BCUT2D eigenvalue weighted by atomic mass is 10.0. The SMILES string of the molecule is CCC1(C)SC(C)N=C1C. The molecule has 0 fully saturated rings. The van der Waals surface area contributed by atoms with E-state index in [-0.39, 0.29) is 0 Å². The van der Waals surface area contributed by atoms with E-state index in [2.05, 4.69) is 32.7 Å². The second-order valence-electron chi connectivity index (χ2n) is 3.02. The zero-order chi connectivity index (χ0) is 7.78. The van der Waals surface area contributed by atoms with Gasteiger partial charge in [0.15, 0.2) is 0 Å². The zero-order valence-electron chi connectivity index (χ0n) is 7.14. The van der Waals surface area contributed by atoms with Crippen molar-refractivity contribution in [1.29, 1.82) is 0 Å². The molecule has 0 saturated heterocycles. The number of aliphatic imine (C=N–C) groups is 1. The van der Waals surface area contributed by atoms with Crippen LogP contribution in [0, 0.1) is 0 Å². The minimum atomic E-state index is 0.333. The summed E-state index contributed by atoms with van der Waals surface area (Å²) in [5, 5.41) is 0.477. The summed E-state index contributed by atoms with van der Waals surface area (Å²) in [5.41, 5.74) is 1.31. The molecule has 1 aliphatic rings. The van der Waals surface area contributed by atoms with Gasteiger partial charge in [-0.1, -0.05) is 6.92 Å². The minimum Gasteiger partial charge on any atom is -0.279 e. The zero-order valence-corrected chi connectivity index (χ0v) is 7.96. The van der Waals surface area contributed by atoms with Crippen LogP contribution in [0.4, 0.5) is 0 Å². The van der Waals surface area contributed by atoms with Crippen molar-refractivity contribution in [3.8, 4) is 0 Å². The van der Waals surface area contributed by atoms with E-state index in [1.807, 2.05) is 11.8 Å². The maximum Gasteiger partial charge on any atom is 0.0932 e. The van der Waals surface area contributed by atoms with Gasteiger partial charge in [0.2, 0.25) is 0 Å². The molecule has 0 aromatic rings. The van der Waals surface area contributed by atoms with Gasteiger partial charge in [-0.3, -0.25) is 4.99 Å². The van der Waals surface area contributed by atoms with Crippen molar-refractivity contribution in [2.75, 3.05) is 0 Å². The van der Waals surface area contributed by atoms with Crippen molar-refractivity contribution in [3.05, 3.63) is 0 Å². The Hall–Kier alpha value is 0.0200. The highest BCUT2D eigenvalue weighted by atomic mass is 32.2. The van der Waals surface area contributed by atoms with Crippen LogP contribution in [0.15, 0.2) is 4.99 Å². The summed E-state index contributed by atoms with van der Waals surface area (Å²) in [6.07, 6.45) is 1.19. The molecule has 0 saturated carbocycles. The summed E-state index contributed by atoms with van der Waals surface area (Å²) >= 11 is 1.97. The first-order valence-electron chi connectivity index (χ1n) is 3.81. The molecule has 0 bridgehead atoms. The number of nitrogens with zero attached hydrogens (tertiary/aromatic N) is 1. The maximum atomic E-state index is 4.49. The van der Waals surface area contributed by atoms with E-state index in [1.165, 1.54) is 12.1 Å². The Morgan fingerprint density at radius 2 is 2.30 bits per heavy atom. The fourth-order valence-electron chi connectivity index (χ4n) is 1.24. The molecule has 1 aliphatic heterocycles. The summed E-state index contributed by atoms with van der Waals surface area (Å²) in [6, 6.07) is 0. The molecule has 2 heteroatoms. The van der Waals surface area contributed by atoms with Gasteiger partial charge < -0.3 is 0 Å². The van der Waals surface area contributed by atoms with E-state index < -0.39 is 0 Å². The Morgan fingerprint density at radius 3 is 2.50 bits per heavy atom. The number of hydrogen-bond acceptors (Lipinski definition) is 2. The Balaban J connectivity index is 2.76. The second kappa shape index (κ2) is 2.57. The molecule has 0 aromatic heterocycles. The molecule has 58 valence electrons. The van der Waals surface area contributed by atoms with Crippen LogP contribution in [0.5, 0.6) is 0 Å². The highest BCUT2D eigenvalue weighted by Crippen LogP contribution is 2.39. The normalized spacial score (nSPS) is 40.0. The Labute approximate surface area is 67.3 Å². The summed E-state index contributed by atoms with van der Waals surface area (Å²) in [5.74, 6) is 0. The van der Waals surface area contributed by atoms with Crippen molar-refractivity contribution in [1.82, 2.24) is 0 Å². The lowest BCUT2D eigenvalue weighted by Crippen LogP contribution is -2.24. The molecule has 0 amide bonds. The first-order chi connectivity index (χ1) is 4.58. The lowest BCUT2D eigenvalue weighted by Gasteiger charge is -2.21. The van der Waals surface area contributed by atoms with Crippen LogP contribution >= 0.6 is 11.8 Å². The highest BCUT2D eigenvalue weighted by molar-refractivity contribution is 8.02. The van der Waals surface area contributed by atoms with Gasteiger partial charge in [0.1, 0.15) is 0 Å². The van der Waals surface area contributed by atoms with E-state index >= 15 is 0 Å². The second-order valence-corrected chi connectivity index (χ2v) is 4.84. The number of hydrogen-bond donors (Lipinski definition) is 0. The molecule has 0 N–H and O–H groups in total. The fourth-order valence-corrected chi connectivity index (χ4v) is 2.59. The molecule has 1 rings (SSSR count). The van der Waals surface area contributed by atoms with Gasteiger partial charge in [-0.25, -0.2) is 0 Å². The van der Waals surface area contributed by atoms with Crippen LogP contribution in [-0.4, -0.2) is 15.8 Å². The monoisotopic (exact) mass is 157 g/mol. The Morgan fingerprint density at radius 1 is 1.70 bits per heavy atom. The van der Waals surface area contributed by atoms with Crippen LogP contribution in [-0.2, 0) is 0 Å². The molecular formula is C8H15NS. The van der Waals surface area contributed by atoms with Gasteiger partial charge in [-0.15, -0.1) is 11.8 Å². The van der Waals surface area contributed by atoms with Crippen molar-refractivity contribution in [2.45, 2.75) is 44.2 Å². The molecular weight excluding hydrogens is 142 g/mol. The summed E-state index contributed by atoms with van der Waals surface area (Å²) < 4.78 is 0.333. The lowest BCUT2D eigenvalue weighted by molar-refractivity contribution is 0.800. The topological polar surface area (TPSA) is 12.4 Å². The third-order valence-electron chi connectivity index (χ3n) is 2.25. The van der Waals surface area contributed by atoms with Gasteiger partial charge in [-0.05, 0) is 27.2 Å². The van der Waals surface area contributed by atoms with Crippen molar-refractivity contribution >= 4 is 17.5 Å². The third-order valence-corrected chi connectivity index (χ3v) is 3.80. The molecule has 10 heavy (non-hydrogen) atoms. The average molecular weight is 157 g/mol. The number of thioether (sulfide) groups is 1. The van der Waals surface area contributed by atoms with Crippen LogP contribution in [0.3, 0.4) is 0 Å². The van der Waals surface area contributed by atoms with E-state index in [0.717, 1.165) is 0 Å². The molecule has 1 nitrogen and oxygen atoms in total. The Kier molecular flexibility index (Phi) is 2.09. The highest BCUT2D eigenvalue weighted by Gasteiger charge is 2.33. The van der Waals surface area contributed by atoms with Crippen LogP contribution in [0.25, 0.3) is 0 Å². The smallest absolute Gasteiger partial charge is 0.0932 e. The predicted octanol–water partition coefficient (Wildman–Crippen LogP) is 2.71. The first-order valence-corrected chi connectivity index (χ1v) is 4.69. The molecule has 0 spiro atoms. The van der Waals surface area contributed by atoms with Gasteiger partial charge in [-0.2, -0.15) is 0 Å². The molecule has 0 aromatic carbocycles. The van der Waals surface area contributed by atoms with Crippen molar-refractivity contribution in [3.63, 3.8) is 0 Å². The first kappa shape index (κ1) is 8.12. The van der Waals surface area contributed by atoms with E-state index in [0.29, 0.717) is 10.1 Å². The van der Waals surface area contributed by atoms with Crippen LogP contribution in [0.2, 0.25) is 0 Å². The van der Waals surface area contributed by atoms with Gasteiger partial charge in [0.05, 0.1) is 10.1 Å². The van der Waals surface area contributed by atoms with Gasteiger partial charge in [0.25, 0.3) is 0 Å². The van der Waals surface area contributed by atoms with E-state index in [4.69, 9.17) is 0 Å². The number of rotatable bonds is 1.